The zero-order chi connectivity index (χ0) is 12.0. The van der Waals surface area contributed by atoms with E-state index in [-0.39, 0.29) is 11.9 Å². The van der Waals surface area contributed by atoms with Crippen LogP contribution in [0.25, 0.3) is 0 Å². The van der Waals surface area contributed by atoms with Crippen LogP contribution in [0, 0.1) is 11.3 Å². The Morgan fingerprint density at radius 3 is 2.94 bits per heavy atom. The maximum Gasteiger partial charge on any atom is 0.270 e. The number of amides is 1. The molecule has 1 heterocycles. The summed E-state index contributed by atoms with van der Waals surface area (Å²) in [6.45, 7) is 2.28. The summed E-state index contributed by atoms with van der Waals surface area (Å²) >= 11 is 0. The molecule has 84 valence electrons. The number of carbonyl (C=O) groups excluding carboxylic acids is 1. The van der Waals surface area contributed by atoms with E-state index < -0.39 is 0 Å². The molecule has 1 amide bonds. The van der Waals surface area contributed by atoms with Crippen molar-refractivity contribution >= 4 is 5.91 Å². The van der Waals surface area contributed by atoms with E-state index in [1.807, 2.05) is 13.0 Å². The molecule has 5 heteroatoms. The zero-order valence-corrected chi connectivity index (χ0v) is 9.23. The van der Waals surface area contributed by atoms with E-state index in [0.717, 1.165) is 0 Å². The summed E-state index contributed by atoms with van der Waals surface area (Å²) in [5.74, 6) is -0.269. The van der Waals surface area contributed by atoms with Crippen molar-refractivity contribution in [2.45, 2.75) is 13.0 Å². The molecule has 1 aromatic heterocycles. The van der Waals surface area contributed by atoms with Gasteiger partial charge < -0.3 is 10.1 Å². The largest absolute Gasteiger partial charge is 0.383 e. The summed E-state index contributed by atoms with van der Waals surface area (Å²) in [5.41, 5.74) is 0.725. The number of nitrogens with one attached hydrogen (secondary N) is 1. The Labute approximate surface area is 94.1 Å². The third-order valence-corrected chi connectivity index (χ3v) is 1.92. The van der Waals surface area contributed by atoms with Crippen LogP contribution >= 0.6 is 0 Å². The highest BCUT2D eigenvalue weighted by molar-refractivity contribution is 5.92. The Bertz CT molecular complexity index is 395. The van der Waals surface area contributed by atoms with E-state index >= 15 is 0 Å². The van der Waals surface area contributed by atoms with Gasteiger partial charge in [0.05, 0.1) is 12.2 Å². The summed E-state index contributed by atoms with van der Waals surface area (Å²) in [7, 11) is 1.57. The van der Waals surface area contributed by atoms with Gasteiger partial charge in [0.2, 0.25) is 0 Å². The minimum atomic E-state index is -0.269. The summed E-state index contributed by atoms with van der Waals surface area (Å²) in [6, 6.07) is 4.95. The summed E-state index contributed by atoms with van der Waals surface area (Å²) in [5, 5.41) is 11.3. The van der Waals surface area contributed by atoms with Crippen LogP contribution in [-0.2, 0) is 4.74 Å². The van der Waals surface area contributed by atoms with E-state index in [4.69, 9.17) is 10.00 Å². The molecule has 0 aromatic carbocycles. The fourth-order valence-electron chi connectivity index (χ4n) is 1.18. The minimum absolute atomic E-state index is 0.0741. The van der Waals surface area contributed by atoms with Crippen LogP contribution in [0.5, 0.6) is 0 Å². The average molecular weight is 219 g/mol. The Kier molecular flexibility index (Phi) is 4.42. The molecule has 1 unspecified atom stereocenters. The molecule has 0 saturated heterocycles. The second kappa shape index (κ2) is 5.83. The predicted molar refractivity (Wildman–Crippen MR) is 57.8 cm³/mol. The first-order chi connectivity index (χ1) is 7.67. The van der Waals surface area contributed by atoms with Crippen molar-refractivity contribution in [1.82, 2.24) is 10.3 Å². The molecule has 1 rings (SSSR count). The summed E-state index contributed by atoms with van der Waals surface area (Å²) in [4.78, 5) is 15.5. The number of carbonyl (C=O) groups is 1. The molecule has 5 nitrogen and oxygen atoms in total. The smallest absolute Gasteiger partial charge is 0.270 e. The number of hydrogen-bond donors (Lipinski definition) is 1. The van der Waals surface area contributed by atoms with Crippen LogP contribution in [0.1, 0.15) is 23.0 Å². The molecule has 0 spiro atoms. The molecule has 0 bridgehead atoms. The number of nitriles is 1. The van der Waals surface area contributed by atoms with Crippen LogP contribution in [0.3, 0.4) is 0 Å². The predicted octanol–water partition coefficient (Wildman–Crippen LogP) is 0.718. The lowest BCUT2D eigenvalue weighted by atomic mass is 10.2. The highest BCUT2D eigenvalue weighted by Crippen LogP contribution is 1.99. The van der Waals surface area contributed by atoms with Crippen LogP contribution < -0.4 is 5.32 Å². The van der Waals surface area contributed by atoms with Crippen molar-refractivity contribution in [3.05, 3.63) is 29.6 Å². The average Bonchev–Trinajstić information content (AvgIpc) is 2.29. The number of aromatic nitrogens is 1. The Hall–Kier alpha value is -1.93. The van der Waals surface area contributed by atoms with Crippen molar-refractivity contribution in [3.8, 4) is 6.07 Å². The Morgan fingerprint density at radius 2 is 2.44 bits per heavy atom. The van der Waals surface area contributed by atoms with Gasteiger partial charge in [-0.15, -0.1) is 0 Å². The Balaban J connectivity index is 2.63. The third kappa shape index (κ3) is 3.33. The molecular weight excluding hydrogens is 206 g/mol. The van der Waals surface area contributed by atoms with Crippen LogP contribution in [0.4, 0.5) is 0 Å². The van der Waals surface area contributed by atoms with Gasteiger partial charge in [-0.3, -0.25) is 4.79 Å². The molecule has 1 aromatic rings. The normalized spacial score (nSPS) is 11.6. The first-order valence-electron chi connectivity index (χ1n) is 4.83. The van der Waals surface area contributed by atoms with Crippen molar-refractivity contribution < 1.29 is 9.53 Å². The van der Waals surface area contributed by atoms with E-state index in [1.54, 1.807) is 13.2 Å². The van der Waals surface area contributed by atoms with Crippen molar-refractivity contribution in [2.24, 2.45) is 0 Å². The van der Waals surface area contributed by atoms with E-state index in [0.29, 0.717) is 17.9 Å². The van der Waals surface area contributed by atoms with Gasteiger partial charge in [0.25, 0.3) is 5.91 Å². The highest BCUT2D eigenvalue weighted by Gasteiger charge is 2.10. The Morgan fingerprint density at radius 1 is 1.69 bits per heavy atom. The summed E-state index contributed by atoms with van der Waals surface area (Å²) < 4.78 is 4.90. The van der Waals surface area contributed by atoms with Crippen LogP contribution in [-0.4, -0.2) is 30.6 Å². The quantitative estimate of drug-likeness (QED) is 0.809. The van der Waals surface area contributed by atoms with Gasteiger partial charge in [-0.2, -0.15) is 5.26 Å². The molecule has 0 aliphatic carbocycles. The third-order valence-electron chi connectivity index (χ3n) is 1.92. The lowest BCUT2D eigenvalue weighted by Crippen LogP contribution is -2.36. The SMILES string of the molecule is COCC(C)NC(=O)c1ccc(C#N)cn1. The molecule has 0 aliphatic rings. The maximum absolute atomic E-state index is 11.6. The molecule has 0 saturated carbocycles. The molecule has 1 atom stereocenters. The minimum Gasteiger partial charge on any atom is -0.383 e. The fourth-order valence-corrected chi connectivity index (χ4v) is 1.18. The van der Waals surface area contributed by atoms with Crippen molar-refractivity contribution in [2.75, 3.05) is 13.7 Å². The number of pyridine rings is 1. The molecule has 0 aliphatic heterocycles. The van der Waals surface area contributed by atoms with Crippen molar-refractivity contribution in [3.63, 3.8) is 0 Å². The van der Waals surface area contributed by atoms with E-state index in [1.165, 1.54) is 12.3 Å². The zero-order valence-electron chi connectivity index (χ0n) is 9.23. The van der Waals surface area contributed by atoms with E-state index in [9.17, 15) is 4.79 Å². The number of rotatable bonds is 4. The maximum atomic E-state index is 11.6. The lowest BCUT2D eigenvalue weighted by Gasteiger charge is -2.11. The highest BCUT2D eigenvalue weighted by atomic mass is 16.5. The standard InChI is InChI=1S/C11H13N3O2/c1-8(7-16-2)14-11(15)10-4-3-9(5-12)6-13-10/h3-4,6,8H,7H2,1-2H3,(H,14,15). The first-order valence-corrected chi connectivity index (χ1v) is 4.83. The van der Waals surface area contributed by atoms with E-state index in [2.05, 4.69) is 10.3 Å². The number of hydrogen-bond acceptors (Lipinski definition) is 4. The molecule has 0 radical (unpaired) electrons. The van der Waals surface area contributed by atoms with Gasteiger partial charge in [-0.05, 0) is 19.1 Å². The molecular formula is C11H13N3O2. The monoisotopic (exact) mass is 219 g/mol. The number of methoxy groups -OCH3 is 1. The first kappa shape index (κ1) is 12.1. The van der Waals surface area contributed by atoms with Crippen LogP contribution in [0.2, 0.25) is 0 Å². The van der Waals surface area contributed by atoms with Crippen LogP contribution in [0.15, 0.2) is 18.3 Å². The van der Waals surface area contributed by atoms with Crippen molar-refractivity contribution in [1.29, 1.82) is 5.26 Å². The van der Waals surface area contributed by atoms with Gasteiger partial charge in [0.1, 0.15) is 11.8 Å². The van der Waals surface area contributed by atoms with Gasteiger partial charge in [-0.25, -0.2) is 4.98 Å². The van der Waals surface area contributed by atoms with Gasteiger partial charge >= 0.3 is 0 Å². The van der Waals surface area contributed by atoms with Gasteiger partial charge in [-0.1, -0.05) is 0 Å². The molecule has 0 fully saturated rings. The lowest BCUT2D eigenvalue weighted by molar-refractivity contribution is 0.0900. The fraction of sp³-hybridized carbons (Fsp3) is 0.364. The second-order valence-corrected chi connectivity index (χ2v) is 3.37. The number of nitrogens with zero attached hydrogens (tertiary/aromatic N) is 2. The number of ether oxygens (including phenoxy) is 1. The topological polar surface area (TPSA) is 75.0 Å². The summed E-state index contributed by atoms with van der Waals surface area (Å²) in [6.07, 6.45) is 1.37. The van der Waals surface area contributed by atoms with Gasteiger partial charge in [0.15, 0.2) is 0 Å². The second-order valence-electron chi connectivity index (χ2n) is 3.37. The molecule has 16 heavy (non-hydrogen) atoms. The van der Waals surface area contributed by atoms with Gasteiger partial charge in [0, 0.05) is 19.3 Å². The molecule has 1 N–H and O–H groups in total.